The minimum atomic E-state index is -1.14. The predicted octanol–water partition coefficient (Wildman–Crippen LogP) is 3.16. The Hall–Kier alpha value is -2.43. The highest BCUT2D eigenvalue weighted by Crippen LogP contribution is 2.35. The molecule has 0 bridgehead atoms. The molecule has 1 rings (SSSR count). The van der Waals surface area contributed by atoms with Crippen molar-refractivity contribution in [2.45, 2.75) is 18.8 Å². The van der Waals surface area contributed by atoms with Gasteiger partial charge in [0, 0.05) is 11.6 Å². The SMILES string of the molecule is C=CCOC(=O)C(C)(CC=C)c1ccccc1[N+](=O)[O-]. The number of hydrogen-bond acceptors (Lipinski definition) is 4. The highest BCUT2D eigenvalue weighted by atomic mass is 16.6. The molecule has 0 saturated heterocycles. The molecule has 1 aromatic carbocycles. The lowest BCUT2D eigenvalue weighted by atomic mass is 9.78. The number of allylic oxidation sites excluding steroid dienone is 1. The van der Waals surface area contributed by atoms with Crippen LogP contribution in [0.15, 0.2) is 49.6 Å². The molecule has 1 aromatic rings. The van der Waals surface area contributed by atoms with E-state index in [2.05, 4.69) is 13.2 Å². The van der Waals surface area contributed by atoms with Crippen LogP contribution in [0.2, 0.25) is 0 Å². The summed E-state index contributed by atoms with van der Waals surface area (Å²) in [5, 5.41) is 11.1. The van der Waals surface area contributed by atoms with E-state index in [1.165, 1.54) is 12.1 Å². The lowest BCUT2D eigenvalue weighted by Gasteiger charge is -2.26. The number of ether oxygens (including phenoxy) is 1. The van der Waals surface area contributed by atoms with Gasteiger partial charge in [-0.3, -0.25) is 14.9 Å². The van der Waals surface area contributed by atoms with Crippen LogP contribution in [0.5, 0.6) is 0 Å². The van der Waals surface area contributed by atoms with Crippen molar-refractivity contribution < 1.29 is 14.5 Å². The smallest absolute Gasteiger partial charge is 0.317 e. The average Bonchev–Trinajstić information content (AvgIpc) is 2.44. The van der Waals surface area contributed by atoms with Crippen LogP contribution in [0.25, 0.3) is 0 Å². The van der Waals surface area contributed by atoms with Crippen molar-refractivity contribution in [3.05, 3.63) is 65.3 Å². The summed E-state index contributed by atoms with van der Waals surface area (Å²) < 4.78 is 5.07. The van der Waals surface area contributed by atoms with Gasteiger partial charge in [0.1, 0.15) is 12.0 Å². The van der Waals surface area contributed by atoms with Gasteiger partial charge >= 0.3 is 5.97 Å². The standard InChI is InChI=1S/C15H17NO4/c1-4-10-15(3,14(17)20-11-5-2)12-8-6-7-9-13(12)16(18)19/h4-9H,1-2,10-11H2,3H3. The zero-order valence-electron chi connectivity index (χ0n) is 11.4. The van der Waals surface area contributed by atoms with Crippen molar-refractivity contribution in [1.29, 1.82) is 0 Å². The Morgan fingerprint density at radius 2 is 2.05 bits per heavy atom. The highest BCUT2D eigenvalue weighted by molar-refractivity contribution is 5.84. The Labute approximate surface area is 117 Å². The molecule has 1 atom stereocenters. The largest absolute Gasteiger partial charge is 0.461 e. The first-order valence-corrected chi connectivity index (χ1v) is 6.10. The van der Waals surface area contributed by atoms with Crippen LogP contribution in [0.1, 0.15) is 18.9 Å². The van der Waals surface area contributed by atoms with E-state index in [0.29, 0.717) is 5.56 Å². The van der Waals surface area contributed by atoms with E-state index < -0.39 is 16.3 Å². The minimum Gasteiger partial charge on any atom is -0.461 e. The number of esters is 1. The molecule has 0 spiro atoms. The maximum atomic E-state index is 12.2. The van der Waals surface area contributed by atoms with Gasteiger partial charge in [-0.2, -0.15) is 0 Å². The molecule has 106 valence electrons. The molecule has 0 aliphatic heterocycles. The van der Waals surface area contributed by atoms with Crippen molar-refractivity contribution in [1.82, 2.24) is 0 Å². The van der Waals surface area contributed by atoms with Crippen LogP contribution < -0.4 is 0 Å². The molecule has 1 unspecified atom stereocenters. The number of nitro benzene ring substituents is 1. The van der Waals surface area contributed by atoms with Crippen molar-refractivity contribution in [2.75, 3.05) is 6.61 Å². The Balaban J connectivity index is 3.32. The van der Waals surface area contributed by atoms with E-state index in [1.807, 2.05) is 0 Å². The van der Waals surface area contributed by atoms with Gasteiger partial charge in [0.15, 0.2) is 0 Å². The van der Waals surface area contributed by atoms with Crippen molar-refractivity contribution in [2.24, 2.45) is 0 Å². The summed E-state index contributed by atoms with van der Waals surface area (Å²) in [4.78, 5) is 22.9. The number of benzene rings is 1. The maximum absolute atomic E-state index is 12.2. The summed E-state index contributed by atoms with van der Waals surface area (Å²) in [6.07, 6.45) is 3.24. The van der Waals surface area contributed by atoms with Gasteiger partial charge < -0.3 is 4.74 Å². The Bertz CT molecular complexity index is 538. The zero-order valence-corrected chi connectivity index (χ0v) is 11.4. The topological polar surface area (TPSA) is 69.4 Å². The second-order valence-corrected chi connectivity index (χ2v) is 4.49. The molecule has 0 aromatic heterocycles. The second kappa shape index (κ2) is 6.65. The molecule has 0 saturated carbocycles. The molecule has 0 N–H and O–H groups in total. The summed E-state index contributed by atoms with van der Waals surface area (Å²) in [5.74, 6) is -0.536. The van der Waals surface area contributed by atoms with Crippen LogP contribution >= 0.6 is 0 Å². The van der Waals surface area contributed by atoms with E-state index >= 15 is 0 Å². The van der Waals surface area contributed by atoms with Crippen molar-refractivity contribution in [3.8, 4) is 0 Å². The monoisotopic (exact) mass is 275 g/mol. The summed E-state index contributed by atoms with van der Waals surface area (Å²) in [6, 6.07) is 6.16. The first kappa shape index (κ1) is 15.6. The van der Waals surface area contributed by atoms with Crippen molar-refractivity contribution in [3.63, 3.8) is 0 Å². The summed E-state index contributed by atoms with van der Waals surface area (Å²) in [7, 11) is 0. The van der Waals surface area contributed by atoms with E-state index in [0.717, 1.165) is 0 Å². The quantitative estimate of drug-likeness (QED) is 0.332. The second-order valence-electron chi connectivity index (χ2n) is 4.49. The molecule has 0 fully saturated rings. The molecule has 20 heavy (non-hydrogen) atoms. The average molecular weight is 275 g/mol. The molecular formula is C15H17NO4. The zero-order chi connectivity index (χ0) is 15.2. The number of rotatable bonds is 7. The van der Waals surface area contributed by atoms with Gasteiger partial charge in [-0.05, 0) is 13.3 Å². The number of nitrogens with zero attached hydrogens (tertiary/aromatic N) is 1. The van der Waals surface area contributed by atoms with Gasteiger partial charge in [0.2, 0.25) is 0 Å². The number of nitro groups is 1. The van der Waals surface area contributed by atoms with Crippen LogP contribution in [-0.4, -0.2) is 17.5 Å². The van der Waals surface area contributed by atoms with E-state index in [-0.39, 0.29) is 18.7 Å². The summed E-state index contributed by atoms with van der Waals surface area (Å²) >= 11 is 0. The molecule has 0 aliphatic carbocycles. The van der Waals surface area contributed by atoms with E-state index in [4.69, 9.17) is 4.74 Å². The lowest BCUT2D eigenvalue weighted by Crippen LogP contribution is -2.34. The third-order valence-electron chi connectivity index (χ3n) is 3.03. The van der Waals surface area contributed by atoms with Gasteiger partial charge in [-0.15, -0.1) is 6.58 Å². The number of para-hydroxylation sites is 1. The Kier molecular flexibility index (Phi) is 5.20. The van der Waals surface area contributed by atoms with E-state index in [9.17, 15) is 14.9 Å². The fourth-order valence-electron chi connectivity index (χ4n) is 1.99. The molecule has 5 heteroatoms. The summed E-state index contributed by atoms with van der Waals surface area (Å²) in [5.41, 5.74) is -0.930. The number of carbonyl (C=O) groups is 1. The third-order valence-corrected chi connectivity index (χ3v) is 3.03. The van der Waals surface area contributed by atoms with Crippen molar-refractivity contribution >= 4 is 11.7 Å². The maximum Gasteiger partial charge on any atom is 0.317 e. The molecule has 0 aliphatic rings. The van der Waals surface area contributed by atoms with Gasteiger partial charge in [0.05, 0.1) is 4.92 Å². The highest BCUT2D eigenvalue weighted by Gasteiger charge is 2.40. The van der Waals surface area contributed by atoms with Crippen LogP contribution in [0.4, 0.5) is 5.69 Å². The van der Waals surface area contributed by atoms with Crippen LogP contribution in [-0.2, 0) is 14.9 Å². The minimum absolute atomic E-state index is 0.0617. The molecular weight excluding hydrogens is 258 g/mol. The molecule has 5 nitrogen and oxygen atoms in total. The van der Waals surface area contributed by atoms with Gasteiger partial charge in [-0.1, -0.05) is 36.9 Å². The number of hydrogen-bond donors (Lipinski definition) is 0. The molecule has 0 radical (unpaired) electrons. The van der Waals surface area contributed by atoms with Crippen LogP contribution in [0.3, 0.4) is 0 Å². The Morgan fingerprint density at radius 3 is 2.60 bits per heavy atom. The first-order valence-electron chi connectivity index (χ1n) is 6.10. The van der Waals surface area contributed by atoms with Gasteiger partial charge in [-0.25, -0.2) is 0 Å². The normalized spacial score (nSPS) is 13.1. The first-order chi connectivity index (χ1) is 9.47. The molecule has 0 amide bonds. The number of carbonyl (C=O) groups excluding carboxylic acids is 1. The third kappa shape index (κ3) is 3.12. The van der Waals surface area contributed by atoms with E-state index in [1.54, 1.807) is 31.2 Å². The molecule has 0 heterocycles. The summed E-state index contributed by atoms with van der Waals surface area (Å²) in [6.45, 7) is 8.76. The predicted molar refractivity (Wildman–Crippen MR) is 76.4 cm³/mol. The van der Waals surface area contributed by atoms with Gasteiger partial charge in [0.25, 0.3) is 5.69 Å². The lowest BCUT2D eigenvalue weighted by molar-refractivity contribution is -0.386. The van der Waals surface area contributed by atoms with Crippen LogP contribution in [0, 0.1) is 10.1 Å². The fourth-order valence-corrected chi connectivity index (χ4v) is 1.99. The fraction of sp³-hybridized carbons (Fsp3) is 0.267. The Morgan fingerprint density at radius 1 is 1.40 bits per heavy atom.